The first-order valence-corrected chi connectivity index (χ1v) is 10.6. The van der Waals surface area contributed by atoms with Gasteiger partial charge in [-0.15, -0.1) is 0 Å². The van der Waals surface area contributed by atoms with Gasteiger partial charge in [0.15, 0.2) is 0 Å². The number of aliphatic carboxylic acids is 1. The largest absolute Gasteiger partial charge is 0.480 e. The summed E-state index contributed by atoms with van der Waals surface area (Å²) in [5, 5.41) is 16.8. The number of rotatable bonds is 13. The quantitative estimate of drug-likeness (QED) is 0.217. The first kappa shape index (κ1) is 27.6. The van der Waals surface area contributed by atoms with E-state index in [9.17, 15) is 29.1 Å². The minimum absolute atomic E-state index is 0.0761. The van der Waals surface area contributed by atoms with Gasteiger partial charge in [-0.1, -0.05) is 44.2 Å². The molecule has 8 N–H and O–H groups in total. The Morgan fingerprint density at radius 3 is 1.97 bits per heavy atom. The molecule has 1 aromatic rings. The molecule has 0 radical (unpaired) electrons. The number of carboxylic acids is 1. The Hall–Kier alpha value is -3.47. The van der Waals surface area contributed by atoms with Crippen molar-refractivity contribution < 1.29 is 29.1 Å². The van der Waals surface area contributed by atoms with Crippen LogP contribution in [0.4, 0.5) is 0 Å². The van der Waals surface area contributed by atoms with Crippen molar-refractivity contribution in [3.05, 3.63) is 35.9 Å². The van der Waals surface area contributed by atoms with Crippen molar-refractivity contribution in [1.29, 1.82) is 0 Å². The van der Waals surface area contributed by atoms with Gasteiger partial charge in [0.2, 0.25) is 23.6 Å². The predicted octanol–water partition coefficient (Wildman–Crippen LogP) is -0.963. The number of benzene rings is 1. The molecule has 182 valence electrons. The highest BCUT2D eigenvalue weighted by Gasteiger charge is 2.29. The lowest BCUT2D eigenvalue weighted by atomic mass is 10.0. The van der Waals surface area contributed by atoms with Gasteiger partial charge in [0.1, 0.15) is 18.1 Å². The van der Waals surface area contributed by atoms with Crippen molar-refractivity contribution in [3.63, 3.8) is 0 Å². The van der Waals surface area contributed by atoms with Crippen LogP contribution in [0.15, 0.2) is 30.3 Å². The van der Waals surface area contributed by atoms with E-state index in [-0.39, 0.29) is 25.2 Å². The number of nitrogens with two attached hydrogens (primary N) is 2. The summed E-state index contributed by atoms with van der Waals surface area (Å²) in [5.41, 5.74) is 11.6. The van der Waals surface area contributed by atoms with Gasteiger partial charge >= 0.3 is 5.97 Å². The minimum atomic E-state index is -1.36. The van der Waals surface area contributed by atoms with Gasteiger partial charge in [-0.05, 0) is 24.8 Å². The maximum atomic E-state index is 12.9. The lowest BCUT2D eigenvalue weighted by molar-refractivity contribution is -0.142. The van der Waals surface area contributed by atoms with Gasteiger partial charge in [-0.3, -0.25) is 19.2 Å². The molecule has 0 saturated heterocycles. The average molecular weight is 464 g/mol. The summed E-state index contributed by atoms with van der Waals surface area (Å²) in [6.45, 7) is 4.99. The summed E-state index contributed by atoms with van der Waals surface area (Å²) in [5.74, 6) is -4.06. The van der Waals surface area contributed by atoms with Crippen LogP contribution in [0, 0.1) is 5.92 Å². The molecule has 0 bridgehead atoms. The average Bonchev–Trinajstić information content (AvgIpc) is 2.75. The monoisotopic (exact) mass is 463 g/mol. The SMILES string of the molecule is CC(NC(=O)C(N)C(C)C)C(=O)NC(Cc1ccccc1)C(=O)NC(CCC(N)=O)C(=O)O. The van der Waals surface area contributed by atoms with Crippen LogP contribution in [-0.4, -0.2) is 58.9 Å². The molecule has 1 aromatic carbocycles. The van der Waals surface area contributed by atoms with E-state index in [2.05, 4.69) is 16.0 Å². The van der Waals surface area contributed by atoms with Gasteiger partial charge in [-0.25, -0.2) is 4.79 Å². The number of carbonyl (C=O) groups excluding carboxylic acids is 4. The van der Waals surface area contributed by atoms with Crippen LogP contribution in [0.25, 0.3) is 0 Å². The van der Waals surface area contributed by atoms with Crippen LogP contribution in [0.5, 0.6) is 0 Å². The van der Waals surface area contributed by atoms with E-state index in [0.717, 1.165) is 5.56 Å². The van der Waals surface area contributed by atoms with Crippen LogP contribution in [-0.2, 0) is 30.4 Å². The zero-order valence-electron chi connectivity index (χ0n) is 19.0. The second-order valence-electron chi connectivity index (χ2n) is 8.16. The first-order valence-electron chi connectivity index (χ1n) is 10.6. The van der Waals surface area contributed by atoms with E-state index in [4.69, 9.17) is 11.5 Å². The molecule has 0 saturated carbocycles. The molecular formula is C22H33N5O6. The van der Waals surface area contributed by atoms with Crippen LogP contribution in [0.1, 0.15) is 39.2 Å². The molecule has 4 amide bonds. The zero-order valence-corrected chi connectivity index (χ0v) is 19.0. The minimum Gasteiger partial charge on any atom is -0.480 e. The normalized spacial score (nSPS) is 14.5. The standard InChI is InChI=1S/C22H33N5O6/c1-12(2)18(24)21(31)25-13(3)19(29)27-16(11-14-7-5-4-6-8-14)20(30)26-15(22(32)33)9-10-17(23)28/h4-8,12-13,15-16,18H,9-11,24H2,1-3H3,(H2,23,28)(H,25,31)(H,26,30)(H,27,29)(H,32,33). The van der Waals surface area contributed by atoms with E-state index in [0.29, 0.717) is 0 Å². The maximum Gasteiger partial charge on any atom is 0.326 e. The van der Waals surface area contributed by atoms with E-state index >= 15 is 0 Å². The molecule has 33 heavy (non-hydrogen) atoms. The summed E-state index contributed by atoms with van der Waals surface area (Å²) in [6, 6.07) is 4.53. The Morgan fingerprint density at radius 1 is 0.879 bits per heavy atom. The number of carbonyl (C=O) groups is 5. The summed E-state index contributed by atoms with van der Waals surface area (Å²) in [7, 11) is 0. The van der Waals surface area contributed by atoms with Crippen molar-refractivity contribution in [3.8, 4) is 0 Å². The molecule has 0 heterocycles. The highest BCUT2D eigenvalue weighted by Crippen LogP contribution is 2.06. The van der Waals surface area contributed by atoms with Gasteiger partial charge in [0.05, 0.1) is 6.04 Å². The number of hydrogen-bond donors (Lipinski definition) is 6. The first-order chi connectivity index (χ1) is 15.4. The van der Waals surface area contributed by atoms with E-state index in [1.165, 1.54) is 6.92 Å². The third-order valence-corrected chi connectivity index (χ3v) is 4.98. The molecule has 4 unspecified atom stereocenters. The van der Waals surface area contributed by atoms with E-state index < -0.39 is 53.8 Å². The van der Waals surface area contributed by atoms with Crippen LogP contribution < -0.4 is 27.4 Å². The Bertz CT molecular complexity index is 845. The predicted molar refractivity (Wildman–Crippen MR) is 120 cm³/mol. The lowest BCUT2D eigenvalue weighted by Crippen LogP contribution is -2.57. The molecule has 0 aliphatic heterocycles. The highest BCUT2D eigenvalue weighted by atomic mass is 16.4. The second kappa shape index (κ2) is 13.2. The lowest BCUT2D eigenvalue weighted by Gasteiger charge is -2.24. The van der Waals surface area contributed by atoms with Crippen molar-refractivity contribution in [1.82, 2.24) is 16.0 Å². The van der Waals surface area contributed by atoms with Gasteiger partial charge in [0.25, 0.3) is 0 Å². The number of hydrogen-bond acceptors (Lipinski definition) is 6. The number of primary amides is 1. The fourth-order valence-corrected chi connectivity index (χ4v) is 2.85. The summed E-state index contributed by atoms with van der Waals surface area (Å²) in [4.78, 5) is 60.2. The Labute approximate surface area is 192 Å². The highest BCUT2D eigenvalue weighted by molar-refractivity contribution is 5.94. The fraction of sp³-hybridized carbons (Fsp3) is 0.500. The molecule has 4 atom stereocenters. The molecule has 0 fully saturated rings. The van der Waals surface area contributed by atoms with E-state index in [1.807, 2.05) is 0 Å². The molecule has 0 aliphatic carbocycles. The van der Waals surface area contributed by atoms with Crippen LogP contribution in [0.3, 0.4) is 0 Å². The van der Waals surface area contributed by atoms with Gasteiger partial charge < -0.3 is 32.5 Å². The van der Waals surface area contributed by atoms with Crippen LogP contribution >= 0.6 is 0 Å². The fourth-order valence-electron chi connectivity index (χ4n) is 2.85. The molecular weight excluding hydrogens is 430 g/mol. The Balaban J connectivity index is 2.95. The number of nitrogens with one attached hydrogen (secondary N) is 3. The van der Waals surface area contributed by atoms with Crippen molar-refractivity contribution in [2.45, 2.75) is 64.2 Å². The number of carboxylic acid groups (broad SMARTS) is 1. The third-order valence-electron chi connectivity index (χ3n) is 4.98. The van der Waals surface area contributed by atoms with Gasteiger partial charge in [-0.2, -0.15) is 0 Å². The molecule has 11 nitrogen and oxygen atoms in total. The van der Waals surface area contributed by atoms with Crippen LogP contribution in [0.2, 0.25) is 0 Å². The van der Waals surface area contributed by atoms with Crippen molar-refractivity contribution >= 4 is 29.6 Å². The summed E-state index contributed by atoms with van der Waals surface area (Å²) < 4.78 is 0. The molecule has 0 aliphatic rings. The molecule has 0 aromatic heterocycles. The topological polar surface area (TPSA) is 194 Å². The molecule has 1 rings (SSSR count). The summed E-state index contributed by atoms with van der Waals surface area (Å²) >= 11 is 0. The smallest absolute Gasteiger partial charge is 0.326 e. The maximum absolute atomic E-state index is 12.9. The second-order valence-corrected chi connectivity index (χ2v) is 8.16. The van der Waals surface area contributed by atoms with Crippen molar-refractivity contribution in [2.75, 3.05) is 0 Å². The Morgan fingerprint density at radius 2 is 1.45 bits per heavy atom. The summed E-state index contributed by atoms with van der Waals surface area (Å²) in [6.07, 6.45) is -0.346. The molecule has 0 spiro atoms. The Kier molecular flexibility index (Phi) is 11.0. The zero-order chi connectivity index (χ0) is 25.1. The number of amides is 4. The van der Waals surface area contributed by atoms with Crippen molar-refractivity contribution in [2.24, 2.45) is 17.4 Å². The molecule has 11 heteroatoms. The van der Waals surface area contributed by atoms with E-state index in [1.54, 1.807) is 44.2 Å². The third kappa shape index (κ3) is 9.69. The van der Waals surface area contributed by atoms with Gasteiger partial charge in [0, 0.05) is 12.8 Å².